The number of carbonyl (C=O) groups is 1. The summed E-state index contributed by atoms with van der Waals surface area (Å²) in [6.45, 7) is 4.85. The monoisotopic (exact) mass is 301 g/mol. The van der Waals surface area contributed by atoms with Crippen LogP contribution in [0.15, 0.2) is 29.6 Å². The number of amides is 1. The second-order valence-electron chi connectivity index (χ2n) is 5.52. The molecular formula is C16H19N3OS. The fourth-order valence-corrected chi connectivity index (χ4v) is 3.09. The molecule has 1 saturated heterocycles. The molecule has 1 aromatic carbocycles. The van der Waals surface area contributed by atoms with E-state index in [1.165, 1.54) is 5.56 Å². The summed E-state index contributed by atoms with van der Waals surface area (Å²) in [7, 11) is 0. The van der Waals surface area contributed by atoms with Crippen molar-refractivity contribution in [1.29, 1.82) is 0 Å². The van der Waals surface area contributed by atoms with Crippen molar-refractivity contribution in [1.82, 2.24) is 15.6 Å². The smallest absolute Gasteiger partial charge is 0.226 e. The minimum absolute atomic E-state index is 0.0583. The van der Waals surface area contributed by atoms with Gasteiger partial charge in [-0.1, -0.05) is 23.8 Å². The van der Waals surface area contributed by atoms with Crippen LogP contribution in [0.1, 0.15) is 11.3 Å². The van der Waals surface area contributed by atoms with Gasteiger partial charge in [0, 0.05) is 36.5 Å². The summed E-state index contributed by atoms with van der Waals surface area (Å²) < 4.78 is 0. The van der Waals surface area contributed by atoms with E-state index >= 15 is 0 Å². The number of nitrogens with zero attached hydrogens (tertiary/aromatic N) is 1. The maximum atomic E-state index is 11.9. The molecule has 1 amide bonds. The van der Waals surface area contributed by atoms with Gasteiger partial charge in [0.2, 0.25) is 5.91 Å². The summed E-state index contributed by atoms with van der Waals surface area (Å²) >= 11 is 1.59. The van der Waals surface area contributed by atoms with E-state index in [0.29, 0.717) is 12.3 Å². The lowest BCUT2D eigenvalue weighted by molar-refractivity contribution is -0.120. The zero-order chi connectivity index (χ0) is 14.7. The van der Waals surface area contributed by atoms with Gasteiger partial charge in [0.1, 0.15) is 5.01 Å². The van der Waals surface area contributed by atoms with E-state index < -0.39 is 0 Å². The largest absolute Gasteiger partial charge is 0.355 e. The van der Waals surface area contributed by atoms with Crippen LogP contribution in [0, 0.1) is 12.8 Å². The average Bonchev–Trinajstić information content (AvgIpc) is 2.85. The van der Waals surface area contributed by atoms with Crippen molar-refractivity contribution in [2.75, 3.05) is 19.6 Å². The number of thiazole rings is 1. The Kier molecular flexibility index (Phi) is 4.31. The van der Waals surface area contributed by atoms with E-state index in [0.717, 1.165) is 35.9 Å². The van der Waals surface area contributed by atoms with E-state index in [-0.39, 0.29) is 5.91 Å². The Balaban J connectivity index is 1.58. The van der Waals surface area contributed by atoms with Gasteiger partial charge in [-0.2, -0.15) is 0 Å². The molecule has 1 aliphatic rings. The molecule has 21 heavy (non-hydrogen) atoms. The number of carbonyl (C=O) groups excluding carboxylic acids is 1. The molecule has 2 heterocycles. The van der Waals surface area contributed by atoms with Crippen LogP contribution in [0.3, 0.4) is 0 Å². The SMILES string of the molecule is Cc1cccc(-c2nc(CC(=O)NCC3CNC3)cs2)c1. The highest BCUT2D eigenvalue weighted by atomic mass is 32.1. The van der Waals surface area contributed by atoms with Crippen LogP contribution in [0.5, 0.6) is 0 Å². The third kappa shape index (κ3) is 3.68. The van der Waals surface area contributed by atoms with Crippen LogP contribution < -0.4 is 10.6 Å². The molecule has 0 aliphatic carbocycles. The lowest BCUT2D eigenvalue weighted by Crippen LogP contribution is -2.48. The Morgan fingerprint density at radius 3 is 3.05 bits per heavy atom. The minimum atomic E-state index is 0.0583. The predicted molar refractivity (Wildman–Crippen MR) is 85.4 cm³/mol. The van der Waals surface area contributed by atoms with Gasteiger partial charge in [-0.05, 0) is 13.0 Å². The van der Waals surface area contributed by atoms with Crippen molar-refractivity contribution in [2.45, 2.75) is 13.3 Å². The highest BCUT2D eigenvalue weighted by Gasteiger charge is 2.17. The number of hydrogen-bond acceptors (Lipinski definition) is 4. The van der Waals surface area contributed by atoms with E-state index in [4.69, 9.17) is 0 Å². The van der Waals surface area contributed by atoms with Gasteiger partial charge >= 0.3 is 0 Å². The number of rotatable bonds is 5. The molecule has 0 atom stereocenters. The number of aryl methyl sites for hydroxylation is 1. The van der Waals surface area contributed by atoms with Crippen LogP contribution in [0.25, 0.3) is 10.6 Å². The molecule has 1 aliphatic heterocycles. The molecule has 0 spiro atoms. The maximum absolute atomic E-state index is 11.9. The zero-order valence-corrected chi connectivity index (χ0v) is 12.9. The van der Waals surface area contributed by atoms with Crippen molar-refractivity contribution in [2.24, 2.45) is 5.92 Å². The van der Waals surface area contributed by atoms with E-state index in [1.807, 2.05) is 11.4 Å². The van der Waals surface area contributed by atoms with Crippen LogP contribution >= 0.6 is 11.3 Å². The van der Waals surface area contributed by atoms with Gasteiger partial charge in [-0.3, -0.25) is 4.79 Å². The normalized spacial score (nSPS) is 14.7. The first-order chi connectivity index (χ1) is 10.2. The summed E-state index contributed by atoms with van der Waals surface area (Å²) in [4.78, 5) is 16.5. The summed E-state index contributed by atoms with van der Waals surface area (Å²) in [5, 5.41) is 9.13. The first-order valence-electron chi connectivity index (χ1n) is 7.19. The molecule has 2 aromatic rings. The molecule has 0 unspecified atom stereocenters. The van der Waals surface area contributed by atoms with Crippen LogP contribution in [-0.4, -0.2) is 30.5 Å². The molecular weight excluding hydrogens is 282 g/mol. The molecule has 2 N–H and O–H groups in total. The van der Waals surface area contributed by atoms with Crippen molar-refractivity contribution in [3.63, 3.8) is 0 Å². The second kappa shape index (κ2) is 6.37. The standard InChI is InChI=1S/C16H19N3OS/c1-11-3-2-4-13(5-11)16-19-14(10-21-16)6-15(20)18-9-12-7-17-8-12/h2-5,10,12,17H,6-9H2,1H3,(H,18,20). The highest BCUT2D eigenvalue weighted by molar-refractivity contribution is 7.13. The summed E-state index contributed by atoms with van der Waals surface area (Å²) in [5.41, 5.74) is 3.18. The first-order valence-corrected chi connectivity index (χ1v) is 8.07. The van der Waals surface area contributed by atoms with Crippen molar-refractivity contribution < 1.29 is 4.79 Å². The zero-order valence-electron chi connectivity index (χ0n) is 12.1. The number of benzene rings is 1. The quantitative estimate of drug-likeness (QED) is 0.888. The van der Waals surface area contributed by atoms with Gasteiger partial charge in [0.05, 0.1) is 12.1 Å². The number of aromatic nitrogens is 1. The molecule has 4 nitrogen and oxygen atoms in total. The average molecular weight is 301 g/mol. The summed E-state index contributed by atoms with van der Waals surface area (Å²) in [6.07, 6.45) is 0.364. The highest BCUT2D eigenvalue weighted by Crippen LogP contribution is 2.24. The van der Waals surface area contributed by atoms with Crippen LogP contribution in [-0.2, 0) is 11.2 Å². The molecule has 0 radical (unpaired) electrons. The summed E-state index contributed by atoms with van der Waals surface area (Å²) in [6, 6.07) is 8.28. The molecule has 3 rings (SSSR count). The first kappa shape index (κ1) is 14.2. The van der Waals surface area contributed by atoms with Gasteiger partial charge in [0.15, 0.2) is 0 Å². The van der Waals surface area contributed by atoms with Crippen LogP contribution in [0.4, 0.5) is 0 Å². The third-order valence-corrected chi connectivity index (χ3v) is 4.55. The molecule has 5 heteroatoms. The van der Waals surface area contributed by atoms with Gasteiger partial charge in [-0.25, -0.2) is 4.98 Å². The Labute approximate surface area is 128 Å². The fraction of sp³-hybridized carbons (Fsp3) is 0.375. The number of nitrogens with one attached hydrogen (secondary N) is 2. The van der Waals surface area contributed by atoms with Gasteiger partial charge < -0.3 is 10.6 Å². The van der Waals surface area contributed by atoms with Crippen molar-refractivity contribution >= 4 is 17.2 Å². The predicted octanol–water partition coefficient (Wildman–Crippen LogP) is 2.00. The molecule has 110 valence electrons. The molecule has 0 bridgehead atoms. The Bertz CT molecular complexity index is 634. The van der Waals surface area contributed by atoms with Gasteiger partial charge in [-0.15, -0.1) is 11.3 Å². The van der Waals surface area contributed by atoms with E-state index in [1.54, 1.807) is 11.3 Å². The summed E-state index contributed by atoms with van der Waals surface area (Å²) in [5.74, 6) is 0.648. The van der Waals surface area contributed by atoms with Crippen molar-refractivity contribution in [3.05, 3.63) is 40.9 Å². The lowest BCUT2D eigenvalue weighted by Gasteiger charge is -2.26. The molecule has 1 fully saturated rings. The third-order valence-electron chi connectivity index (χ3n) is 3.61. The molecule has 0 saturated carbocycles. The number of hydrogen-bond donors (Lipinski definition) is 2. The minimum Gasteiger partial charge on any atom is -0.355 e. The molecule has 1 aromatic heterocycles. The maximum Gasteiger partial charge on any atom is 0.226 e. The lowest BCUT2D eigenvalue weighted by atomic mass is 10.0. The van der Waals surface area contributed by atoms with Crippen LogP contribution in [0.2, 0.25) is 0 Å². The van der Waals surface area contributed by atoms with Gasteiger partial charge in [0.25, 0.3) is 0 Å². The van der Waals surface area contributed by atoms with E-state index in [2.05, 4.69) is 40.7 Å². The topological polar surface area (TPSA) is 54.0 Å². The fourth-order valence-electron chi connectivity index (χ4n) is 2.28. The Morgan fingerprint density at radius 2 is 2.33 bits per heavy atom. The Hall–Kier alpha value is -1.72. The van der Waals surface area contributed by atoms with E-state index in [9.17, 15) is 4.79 Å². The second-order valence-corrected chi connectivity index (χ2v) is 6.38. The Morgan fingerprint density at radius 1 is 1.48 bits per heavy atom. The van der Waals surface area contributed by atoms with Crippen molar-refractivity contribution in [3.8, 4) is 10.6 Å².